The van der Waals surface area contributed by atoms with Gasteiger partial charge in [0.05, 0.1) is 15.0 Å². The highest BCUT2D eigenvalue weighted by Crippen LogP contribution is 2.36. The van der Waals surface area contributed by atoms with Crippen molar-refractivity contribution >= 4 is 43.8 Å². The van der Waals surface area contributed by atoms with Gasteiger partial charge in [-0.1, -0.05) is 42.5 Å². The van der Waals surface area contributed by atoms with Gasteiger partial charge in [0.15, 0.2) is 0 Å². The summed E-state index contributed by atoms with van der Waals surface area (Å²) in [5.74, 6) is -0.192. The first kappa shape index (κ1) is 23.7. The van der Waals surface area contributed by atoms with Gasteiger partial charge in [-0.3, -0.25) is 4.79 Å². The van der Waals surface area contributed by atoms with E-state index in [0.29, 0.717) is 20.3 Å². The molecule has 1 N–H and O–H groups in total. The second kappa shape index (κ2) is 11.1. The highest BCUT2D eigenvalue weighted by atomic mass is 79.9. The fourth-order valence-corrected chi connectivity index (χ4v) is 4.40. The molecule has 3 aromatic carbocycles. The minimum absolute atomic E-state index is 0.00781. The molecule has 0 aliphatic heterocycles. The van der Waals surface area contributed by atoms with E-state index in [1.165, 1.54) is 18.2 Å². The second-order valence-electron chi connectivity index (χ2n) is 7.00. The van der Waals surface area contributed by atoms with Crippen molar-refractivity contribution in [2.24, 2.45) is 0 Å². The molecule has 0 saturated heterocycles. The van der Waals surface area contributed by atoms with Crippen LogP contribution < -0.4 is 10.1 Å². The maximum atomic E-state index is 13.1. The molecule has 0 aliphatic rings. The van der Waals surface area contributed by atoms with E-state index < -0.39 is 5.91 Å². The Kier molecular flexibility index (Phi) is 8.20. The van der Waals surface area contributed by atoms with E-state index in [0.717, 1.165) is 11.1 Å². The lowest BCUT2D eigenvalue weighted by atomic mass is 10.1. The highest BCUT2D eigenvalue weighted by molar-refractivity contribution is 9.11. The van der Waals surface area contributed by atoms with Gasteiger partial charge in [0.25, 0.3) is 5.91 Å². The van der Waals surface area contributed by atoms with Crippen LogP contribution in [0, 0.1) is 17.1 Å². The maximum absolute atomic E-state index is 13.1. The number of amides is 1. The molecule has 162 valence electrons. The molecular formula is C25H19Br2FN2O2. The number of halogens is 3. The minimum Gasteiger partial charge on any atom is -0.487 e. The predicted octanol–water partition coefficient (Wildman–Crippen LogP) is 6.71. The summed E-state index contributed by atoms with van der Waals surface area (Å²) >= 11 is 6.95. The summed E-state index contributed by atoms with van der Waals surface area (Å²) in [5, 5.41) is 12.4. The minimum atomic E-state index is -0.451. The van der Waals surface area contributed by atoms with Gasteiger partial charge in [0, 0.05) is 0 Å². The molecule has 0 spiro atoms. The fourth-order valence-electron chi connectivity index (χ4n) is 2.95. The molecule has 7 heteroatoms. The fraction of sp³-hybridized carbons (Fsp3) is 0.120. The predicted molar refractivity (Wildman–Crippen MR) is 129 cm³/mol. The summed E-state index contributed by atoms with van der Waals surface area (Å²) in [7, 11) is 0. The van der Waals surface area contributed by atoms with E-state index in [4.69, 9.17) is 4.74 Å². The van der Waals surface area contributed by atoms with E-state index in [9.17, 15) is 14.4 Å². The third-order valence-corrected chi connectivity index (χ3v) is 5.82. The Hall–Kier alpha value is -2.95. The molecule has 3 aromatic rings. The van der Waals surface area contributed by atoms with Gasteiger partial charge in [0.2, 0.25) is 0 Å². The lowest BCUT2D eigenvalue weighted by Crippen LogP contribution is -2.27. The van der Waals surface area contributed by atoms with Crippen LogP contribution in [-0.4, -0.2) is 5.91 Å². The smallest absolute Gasteiger partial charge is 0.262 e. The van der Waals surface area contributed by atoms with E-state index in [1.54, 1.807) is 24.3 Å². The zero-order valence-electron chi connectivity index (χ0n) is 17.1. The third kappa shape index (κ3) is 6.28. The Bertz CT molecular complexity index is 1150. The zero-order valence-corrected chi connectivity index (χ0v) is 20.3. The Labute approximate surface area is 203 Å². The van der Waals surface area contributed by atoms with Gasteiger partial charge in [0.1, 0.15) is 29.8 Å². The lowest BCUT2D eigenvalue weighted by Gasteiger charge is -2.14. The monoisotopic (exact) mass is 556 g/mol. The van der Waals surface area contributed by atoms with Crippen molar-refractivity contribution in [3.63, 3.8) is 0 Å². The van der Waals surface area contributed by atoms with Crippen LogP contribution in [0.25, 0.3) is 6.08 Å². The molecule has 0 aliphatic carbocycles. The number of benzene rings is 3. The Morgan fingerprint density at radius 3 is 2.34 bits per heavy atom. The van der Waals surface area contributed by atoms with Gasteiger partial charge in [-0.2, -0.15) is 5.26 Å². The molecule has 0 heterocycles. The molecule has 0 bridgehead atoms. The van der Waals surface area contributed by atoms with E-state index in [2.05, 4.69) is 37.2 Å². The number of hydrogen-bond donors (Lipinski definition) is 1. The van der Waals surface area contributed by atoms with Crippen molar-refractivity contribution in [3.8, 4) is 11.8 Å². The highest BCUT2D eigenvalue weighted by Gasteiger charge is 2.15. The zero-order chi connectivity index (χ0) is 23.1. The normalized spacial score (nSPS) is 12.0. The lowest BCUT2D eigenvalue weighted by molar-refractivity contribution is -0.117. The molecule has 0 fully saturated rings. The van der Waals surface area contributed by atoms with Crippen LogP contribution >= 0.6 is 31.9 Å². The van der Waals surface area contributed by atoms with E-state index in [-0.39, 0.29) is 24.0 Å². The Morgan fingerprint density at radius 2 is 1.75 bits per heavy atom. The van der Waals surface area contributed by atoms with Crippen LogP contribution in [0.5, 0.6) is 5.75 Å². The molecule has 1 amide bonds. The van der Waals surface area contributed by atoms with Gasteiger partial charge < -0.3 is 10.1 Å². The van der Waals surface area contributed by atoms with Crippen LogP contribution in [0.15, 0.2) is 81.2 Å². The number of ether oxygens (including phenoxy) is 1. The second-order valence-corrected chi connectivity index (χ2v) is 8.71. The standard InChI is InChI=1S/C25H19Br2FN2O2/c1-16(19-5-3-2-4-6-19)30-25(31)20(14-29)11-18-12-22(26)24(23(27)13-18)32-15-17-7-9-21(28)10-8-17/h2-13,16H,15H2,1H3,(H,30,31)/b20-11-/t16-/m1/s1. The van der Waals surface area contributed by atoms with Crippen molar-refractivity contribution in [2.75, 3.05) is 0 Å². The van der Waals surface area contributed by atoms with Gasteiger partial charge in [-0.05, 0) is 85.8 Å². The number of carbonyl (C=O) groups is 1. The van der Waals surface area contributed by atoms with Crippen molar-refractivity contribution < 1.29 is 13.9 Å². The van der Waals surface area contributed by atoms with Gasteiger partial charge in [-0.15, -0.1) is 0 Å². The number of nitrogens with zero attached hydrogens (tertiary/aromatic N) is 1. The van der Waals surface area contributed by atoms with E-state index >= 15 is 0 Å². The SMILES string of the molecule is C[C@@H](NC(=O)/C(C#N)=C\c1cc(Br)c(OCc2ccc(F)cc2)c(Br)c1)c1ccccc1. The number of nitrogens with one attached hydrogen (secondary N) is 1. The van der Waals surface area contributed by atoms with Crippen molar-refractivity contribution in [1.82, 2.24) is 5.32 Å². The van der Waals surface area contributed by atoms with Gasteiger partial charge in [-0.25, -0.2) is 4.39 Å². The molecule has 1 atom stereocenters. The van der Waals surface area contributed by atoms with Crippen molar-refractivity contribution in [3.05, 3.63) is 104 Å². The molecule has 0 aromatic heterocycles. The summed E-state index contributed by atoms with van der Waals surface area (Å²) < 4.78 is 20.2. The topological polar surface area (TPSA) is 62.1 Å². The molecule has 0 unspecified atom stereocenters. The van der Waals surface area contributed by atoms with Crippen molar-refractivity contribution in [1.29, 1.82) is 5.26 Å². The Morgan fingerprint density at radius 1 is 1.12 bits per heavy atom. The van der Waals surface area contributed by atoms with Crippen LogP contribution in [0.1, 0.15) is 29.7 Å². The number of rotatable bonds is 7. The quantitative estimate of drug-likeness (QED) is 0.259. The van der Waals surface area contributed by atoms with Crippen LogP contribution in [0.3, 0.4) is 0 Å². The summed E-state index contributed by atoms with van der Waals surface area (Å²) in [4.78, 5) is 12.6. The largest absolute Gasteiger partial charge is 0.487 e. The summed E-state index contributed by atoms with van der Waals surface area (Å²) in [6.45, 7) is 2.12. The van der Waals surface area contributed by atoms with Crippen LogP contribution in [-0.2, 0) is 11.4 Å². The first-order valence-corrected chi connectivity index (χ1v) is 11.3. The average molecular weight is 558 g/mol. The summed E-state index contributed by atoms with van der Waals surface area (Å²) in [6.07, 6.45) is 1.52. The first-order valence-electron chi connectivity index (χ1n) is 9.71. The van der Waals surface area contributed by atoms with Gasteiger partial charge >= 0.3 is 0 Å². The average Bonchev–Trinajstić information content (AvgIpc) is 2.78. The number of nitriles is 1. The number of carbonyl (C=O) groups excluding carboxylic acids is 1. The van der Waals surface area contributed by atoms with Crippen LogP contribution in [0.2, 0.25) is 0 Å². The first-order chi connectivity index (χ1) is 15.4. The third-order valence-electron chi connectivity index (χ3n) is 4.64. The van der Waals surface area contributed by atoms with Crippen LogP contribution in [0.4, 0.5) is 4.39 Å². The molecular weight excluding hydrogens is 539 g/mol. The maximum Gasteiger partial charge on any atom is 0.262 e. The summed E-state index contributed by atoms with van der Waals surface area (Å²) in [5.41, 5.74) is 2.42. The molecule has 0 saturated carbocycles. The molecule has 3 rings (SSSR count). The molecule has 0 radical (unpaired) electrons. The summed E-state index contributed by atoms with van der Waals surface area (Å²) in [6, 6.07) is 20.9. The molecule has 4 nitrogen and oxygen atoms in total. The molecule has 32 heavy (non-hydrogen) atoms. The Balaban J connectivity index is 1.74. The van der Waals surface area contributed by atoms with Crippen molar-refractivity contribution in [2.45, 2.75) is 19.6 Å². The number of hydrogen-bond acceptors (Lipinski definition) is 3. The van der Waals surface area contributed by atoms with E-state index in [1.807, 2.05) is 43.3 Å².